The van der Waals surface area contributed by atoms with Crippen molar-refractivity contribution >= 4 is 69.3 Å². The lowest BCUT2D eigenvalue weighted by atomic mass is 10.2. The van der Waals surface area contributed by atoms with Gasteiger partial charge in [-0.2, -0.15) is 0 Å². The number of aromatic nitrogens is 1. The van der Waals surface area contributed by atoms with Crippen LogP contribution in [0, 0.1) is 5.92 Å². The van der Waals surface area contributed by atoms with Crippen LogP contribution in [0.4, 0.5) is 0 Å². The number of hydrogen-bond donors (Lipinski definition) is 2. The predicted octanol–water partition coefficient (Wildman–Crippen LogP) is 3.94. The Bertz CT molecular complexity index is 630. The Morgan fingerprint density at radius 1 is 1.41 bits per heavy atom. The van der Waals surface area contributed by atoms with Gasteiger partial charge in [0, 0.05) is 27.8 Å². The summed E-state index contributed by atoms with van der Waals surface area (Å²) in [6.07, 6.45) is 2.32. The molecule has 1 atom stereocenters. The summed E-state index contributed by atoms with van der Waals surface area (Å²) in [4.78, 5) is 17.7. The molecular weight excluding hydrogens is 429 g/mol. The van der Waals surface area contributed by atoms with E-state index < -0.39 is 0 Å². The molecule has 0 aliphatic heterocycles. The van der Waals surface area contributed by atoms with Crippen molar-refractivity contribution in [3.63, 3.8) is 0 Å². The molecule has 0 radical (unpaired) electrons. The third-order valence-corrected chi connectivity index (χ3v) is 5.98. The van der Waals surface area contributed by atoms with Gasteiger partial charge in [0.15, 0.2) is 0 Å². The first-order valence-corrected chi connectivity index (χ1v) is 8.93. The smallest absolute Gasteiger partial charge is 0.271 e. The molecule has 2 aromatic heterocycles. The van der Waals surface area contributed by atoms with Crippen LogP contribution in [0.2, 0.25) is 0 Å². The highest BCUT2D eigenvalue weighted by molar-refractivity contribution is 9.10. The zero-order valence-corrected chi connectivity index (χ0v) is 16.3. The normalized spacial score (nSPS) is 14.6. The van der Waals surface area contributed by atoms with E-state index in [1.165, 1.54) is 11.3 Å². The number of nitrogens with zero attached hydrogens (tertiary/aromatic N) is 1. The van der Waals surface area contributed by atoms with Crippen molar-refractivity contribution in [1.82, 2.24) is 10.3 Å². The summed E-state index contributed by atoms with van der Waals surface area (Å²) in [7, 11) is 0. The Morgan fingerprint density at radius 3 is 2.68 bits per heavy atom. The fourth-order valence-electron chi connectivity index (χ4n) is 2.03. The zero-order valence-electron chi connectivity index (χ0n) is 11.5. The molecule has 2 aromatic rings. The lowest BCUT2D eigenvalue weighted by molar-refractivity contribution is 0.0929. The van der Waals surface area contributed by atoms with Crippen molar-refractivity contribution in [2.75, 3.05) is 6.54 Å². The van der Waals surface area contributed by atoms with Gasteiger partial charge in [-0.15, -0.1) is 47.5 Å². The molecule has 4 nitrogen and oxygen atoms in total. The number of amides is 1. The lowest BCUT2D eigenvalue weighted by Crippen LogP contribution is -2.41. The van der Waals surface area contributed by atoms with Crippen molar-refractivity contribution in [2.45, 2.75) is 18.9 Å². The number of thiophene rings is 1. The maximum atomic E-state index is 12.2. The first-order chi connectivity index (χ1) is 9.67. The summed E-state index contributed by atoms with van der Waals surface area (Å²) in [5, 5.41) is 7.68. The van der Waals surface area contributed by atoms with Gasteiger partial charge in [-0.1, -0.05) is 0 Å². The fraction of sp³-hybridized carbons (Fsp3) is 0.385. The van der Waals surface area contributed by atoms with Gasteiger partial charge in [-0.3, -0.25) is 4.79 Å². The van der Waals surface area contributed by atoms with E-state index in [0.717, 1.165) is 27.2 Å². The number of rotatable bonds is 5. The maximum absolute atomic E-state index is 12.2. The predicted molar refractivity (Wildman–Crippen MR) is 101 cm³/mol. The zero-order chi connectivity index (χ0) is 14.1. The number of halogens is 3. The molecule has 9 heteroatoms. The molecule has 122 valence electrons. The Kier molecular flexibility index (Phi) is 7.78. The van der Waals surface area contributed by atoms with E-state index in [-0.39, 0.29) is 36.8 Å². The number of nitrogens with two attached hydrogens (primary N) is 1. The third-order valence-electron chi connectivity index (χ3n) is 3.28. The fourth-order valence-corrected chi connectivity index (χ4v) is 4.33. The average Bonchev–Trinajstić information content (AvgIpc) is 2.99. The van der Waals surface area contributed by atoms with E-state index in [9.17, 15) is 4.79 Å². The van der Waals surface area contributed by atoms with Gasteiger partial charge < -0.3 is 11.1 Å². The van der Waals surface area contributed by atoms with Gasteiger partial charge in [0.25, 0.3) is 5.91 Å². The first-order valence-electron chi connectivity index (χ1n) is 6.38. The van der Waals surface area contributed by atoms with Gasteiger partial charge >= 0.3 is 0 Å². The summed E-state index contributed by atoms with van der Waals surface area (Å²) in [5.74, 6) is 0.431. The number of hydrogen-bond acceptors (Lipinski definition) is 5. The molecule has 0 spiro atoms. The highest BCUT2D eigenvalue weighted by atomic mass is 79.9. The largest absolute Gasteiger partial charge is 0.346 e. The monoisotopic (exact) mass is 443 g/mol. The topological polar surface area (TPSA) is 68.0 Å². The third kappa shape index (κ3) is 4.66. The summed E-state index contributed by atoms with van der Waals surface area (Å²) in [5.41, 5.74) is 6.18. The molecule has 1 aliphatic rings. The maximum Gasteiger partial charge on any atom is 0.271 e. The molecule has 1 fully saturated rings. The van der Waals surface area contributed by atoms with Crippen LogP contribution in [-0.4, -0.2) is 23.5 Å². The molecule has 0 bridgehead atoms. The standard InChI is InChI=1S/C13H14BrN3OS2.2ClH/c14-8-3-11(19-5-8)13-17-10(6-20-13)12(18)16-9(4-15)7-1-2-7;;/h3,5-7,9H,1-2,4,15H2,(H,16,18);2*1H. The van der Waals surface area contributed by atoms with E-state index in [1.807, 2.05) is 11.4 Å². The summed E-state index contributed by atoms with van der Waals surface area (Å²) >= 11 is 6.52. The molecular formula is C13H16BrCl2N3OS2. The van der Waals surface area contributed by atoms with Gasteiger partial charge in [0.1, 0.15) is 10.7 Å². The van der Waals surface area contributed by atoms with Crippen molar-refractivity contribution < 1.29 is 4.79 Å². The van der Waals surface area contributed by atoms with Gasteiger partial charge in [-0.25, -0.2) is 4.98 Å². The molecule has 0 aromatic carbocycles. The molecule has 2 heterocycles. The highest BCUT2D eigenvalue weighted by Gasteiger charge is 2.31. The van der Waals surface area contributed by atoms with E-state index in [1.54, 1.807) is 16.7 Å². The second kappa shape index (κ2) is 8.61. The second-order valence-electron chi connectivity index (χ2n) is 4.82. The van der Waals surface area contributed by atoms with Crippen LogP contribution in [0.15, 0.2) is 21.3 Å². The second-order valence-corrected chi connectivity index (χ2v) is 7.51. The molecule has 22 heavy (non-hydrogen) atoms. The van der Waals surface area contributed by atoms with E-state index in [2.05, 4.69) is 26.2 Å². The van der Waals surface area contributed by atoms with Gasteiger partial charge in [-0.05, 0) is 40.8 Å². The summed E-state index contributed by atoms with van der Waals surface area (Å²) in [6.45, 7) is 0.491. The van der Waals surface area contributed by atoms with Gasteiger partial charge in [0.2, 0.25) is 0 Å². The minimum Gasteiger partial charge on any atom is -0.346 e. The molecule has 3 rings (SSSR count). The van der Waals surface area contributed by atoms with Crippen molar-refractivity contribution in [1.29, 1.82) is 0 Å². The minimum atomic E-state index is -0.120. The first kappa shape index (κ1) is 19.9. The van der Waals surface area contributed by atoms with Crippen LogP contribution in [0.3, 0.4) is 0 Å². The quantitative estimate of drug-likeness (QED) is 0.733. The Morgan fingerprint density at radius 2 is 2.14 bits per heavy atom. The number of thiazole rings is 1. The van der Waals surface area contributed by atoms with E-state index in [4.69, 9.17) is 5.73 Å². The molecule has 1 amide bonds. The van der Waals surface area contributed by atoms with Crippen molar-refractivity contribution in [3.05, 3.63) is 27.0 Å². The molecule has 1 saturated carbocycles. The average molecular weight is 445 g/mol. The molecule has 0 saturated heterocycles. The van der Waals surface area contributed by atoms with Crippen LogP contribution >= 0.6 is 63.4 Å². The lowest BCUT2D eigenvalue weighted by Gasteiger charge is -2.14. The summed E-state index contributed by atoms with van der Waals surface area (Å²) < 4.78 is 1.04. The van der Waals surface area contributed by atoms with E-state index in [0.29, 0.717) is 18.2 Å². The van der Waals surface area contributed by atoms with Crippen LogP contribution in [0.5, 0.6) is 0 Å². The minimum absolute atomic E-state index is 0. The van der Waals surface area contributed by atoms with Crippen molar-refractivity contribution in [2.24, 2.45) is 11.7 Å². The van der Waals surface area contributed by atoms with E-state index >= 15 is 0 Å². The van der Waals surface area contributed by atoms with Gasteiger partial charge in [0.05, 0.1) is 4.88 Å². The van der Waals surface area contributed by atoms with Crippen LogP contribution in [-0.2, 0) is 0 Å². The molecule has 1 unspecified atom stereocenters. The summed E-state index contributed by atoms with van der Waals surface area (Å²) in [6, 6.07) is 2.10. The Labute approximate surface area is 157 Å². The Balaban J connectivity index is 0.00000121. The highest BCUT2D eigenvalue weighted by Crippen LogP contribution is 2.33. The Hall–Kier alpha value is -0.180. The number of carbonyl (C=O) groups excluding carboxylic acids is 1. The van der Waals surface area contributed by atoms with Crippen molar-refractivity contribution in [3.8, 4) is 9.88 Å². The number of nitrogens with one attached hydrogen (secondary N) is 1. The molecule has 3 N–H and O–H groups in total. The van der Waals surface area contributed by atoms with Crippen LogP contribution < -0.4 is 11.1 Å². The van der Waals surface area contributed by atoms with Crippen LogP contribution in [0.1, 0.15) is 23.3 Å². The molecule has 1 aliphatic carbocycles. The van der Waals surface area contributed by atoms with Crippen LogP contribution in [0.25, 0.3) is 9.88 Å². The number of carbonyl (C=O) groups is 1. The SMILES string of the molecule is Cl.Cl.NCC(NC(=O)c1csc(-c2cc(Br)cs2)n1)C1CC1.